The van der Waals surface area contributed by atoms with Crippen molar-refractivity contribution in [2.75, 3.05) is 20.1 Å². The summed E-state index contributed by atoms with van der Waals surface area (Å²) < 4.78 is 13.9. The summed E-state index contributed by atoms with van der Waals surface area (Å²) in [5, 5.41) is 0. The number of halogens is 1. The van der Waals surface area contributed by atoms with Gasteiger partial charge in [-0.2, -0.15) is 0 Å². The van der Waals surface area contributed by atoms with Gasteiger partial charge < -0.3 is 14.8 Å². The third-order valence-electron chi connectivity index (χ3n) is 6.90. The van der Waals surface area contributed by atoms with Crippen molar-refractivity contribution >= 4 is 22.8 Å². The van der Waals surface area contributed by atoms with E-state index in [1.54, 1.807) is 24.1 Å². The molecule has 2 aliphatic heterocycles. The van der Waals surface area contributed by atoms with E-state index < -0.39 is 6.04 Å². The topological polar surface area (TPSA) is 69.3 Å². The summed E-state index contributed by atoms with van der Waals surface area (Å²) in [7, 11) is 1.71. The van der Waals surface area contributed by atoms with Crippen LogP contribution in [0.1, 0.15) is 49.0 Å². The molecule has 0 bridgehead atoms. The summed E-state index contributed by atoms with van der Waals surface area (Å²) in [5.41, 5.74) is 2.61. The molecule has 1 aromatic heterocycles. The van der Waals surface area contributed by atoms with Gasteiger partial charge in [0.15, 0.2) is 0 Å². The van der Waals surface area contributed by atoms with Crippen LogP contribution in [-0.4, -0.2) is 51.7 Å². The molecule has 3 unspecified atom stereocenters. The lowest BCUT2D eigenvalue weighted by Crippen LogP contribution is -2.49. The first-order valence-electron chi connectivity index (χ1n) is 11.3. The van der Waals surface area contributed by atoms with Gasteiger partial charge >= 0.3 is 0 Å². The third-order valence-corrected chi connectivity index (χ3v) is 6.90. The lowest BCUT2D eigenvalue weighted by Gasteiger charge is -2.42. The van der Waals surface area contributed by atoms with Crippen molar-refractivity contribution in [1.82, 2.24) is 19.8 Å². The largest absolute Gasteiger partial charge is 0.342 e. The number of fused-ring (bicyclic) bond motifs is 1. The zero-order valence-corrected chi connectivity index (χ0v) is 18.1. The maximum Gasteiger partial charge on any atom is 0.228 e. The summed E-state index contributed by atoms with van der Waals surface area (Å²) in [5.74, 6) is 0.357. The molecular formula is C25H27FN4O2. The van der Waals surface area contributed by atoms with E-state index >= 15 is 0 Å². The average Bonchev–Trinajstić information content (AvgIpc) is 3.25. The highest BCUT2D eigenvalue weighted by Crippen LogP contribution is 2.38. The van der Waals surface area contributed by atoms with E-state index in [4.69, 9.17) is 4.98 Å². The normalized spacial score (nSPS) is 24.2. The molecule has 166 valence electrons. The van der Waals surface area contributed by atoms with Crippen LogP contribution in [0.3, 0.4) is 0 Å². The molecule has 3 heterocycles. The van der Waals surface area contributed by atoms with E-state index in [0.29, 0.717) is 31.5 Å². The van der Waals surface area contributed by atoms with Gasteiger partial charge in [-0.25, -0.2) is 9.37 Å². The predicted molar refractivity (Wildman–Crippen MR) is 119 cm³/mol. The molecular weight excluding hydrogens is 407 g/mol. The van der Waals surface area contributed by atoms with Crippen molar-refractivity contribution in [3.8, 4) is 0 Å². The SMILES string of the molecule is CN1C(=O)CCC(C(=O)N2CCCC(c3nc4ccccc4[nH]3)C2)C1c1cccc(F)c1. The maximum absolute atomic E-state index is 13.9. The highest BCUT2D eigenvalue weighted by atomic mass is 19.1. The standard InChI is InChI=1S/C25H27FN4O2/c1-29-22(31)12-11-19(23(29)16-6-4-8-18(26)14-16)25(32)30-13-5-7-17(15-30)24-27-20-9-2-3-10-21(20)28-24/h2-4,6,8-10,14,17,19,23H,5,7,11-13,15H2,1H3,(H,27,28). The monoisotopic (exact) mass is 434 g/mol. The number of hydrogen-bond donors (Lipinski definition) is 1. The predicted octanol–water partition coefficient (Wildman–Crippen LogP) is 4.02. The second kappa shape index (κ2) is 8.37. The molecule has 5 rings (SSSR count). The van der Waals surface area contributed by atoms with Crippen molar-refractivity contribution in [1.29, 1.82) is 0 Å². The Hall–Kier alpha value is -3.22. The van der Waals surface area contributed by atoms with Gasteiger partial charge in [-0.1, -0.05) is 24.3 Å². The Morgan fingerprint density at radius 2 is 2.00 bits per heavy atom. The van der Waals surface area contributed by atoms with Crippen LogP contribution < -0.4 is 0 Å². The van der Waals surface area contributed by atoms with E-state index in [1.807, 2.05) is 29.2 Å². The molecule has 3 aromatic rings. The van der Waals surface area contributed by atoms with Crippen molar-refractivity contribution in [2.24, 2.45) is 5.92 Å². The molecule has 3 atom stereocenters. The molecule has 7 heteroatoms. The summed E-state index contributed by atoms with van der Waals surface area (Å²) in [6.45, 7) is 1.29. The zero-order chi connectivity index (χ0) is 22.2. The number of nitrogens with one attached hydrogen (secondary N) is 1. The van der Waals surface area contributed by atoms with Gasteiger partial charge in [0, 0.05) is 32.5 Å². The van der Waals surface area contributed by atoms with Crippen LogP contribution in [0.2, 0.25) is 0 Å². The molecule has 0 saturated carbocycles. The van der Waals surface area contributed by atoms with Crippen molar-refractivity contribution in [3.63, 3.8) is 0 Å². The van der Waals surface area contributed by atoms with E-state index in [9.17, 15) is 14.0 Å². The highest BCUT2D eigenvalue weighted by Gasteiger charge is 2.41. The minimum absolute atomic E-state index is 0.0119. The zero-order valence-electron chi connectivity index (χ0n) is 18.1. The molecule has 2 aromatic carbocycles. The number of likely N-dealkylation sites (tertiary alicyclic amines) is 2. The Morgan fingerprint density at radius 1 is 1.16 bits per heavy atom. The summed E-state index contributed by atoms with van der Waals surface area (Å²) >= 11 is 0. The van der Waals surface area contributed by atoms with Crippen LogP contribution in [0.5, 0.6) is 0 Å². The second-order valence-corrected chi connectivity index (χ2v) is 8.91. The Kier molecular flexibility index (Phi) is 5.41. The first-order chi connectivity index (χ1) is 15.5. The molecule has 0 aliphatic carbocycles. The maximum atomic E-state index is 13.9. The van der Waals surface area contributed by atoms with Crippen molar-refractivity contribution in [3.05, 3.63) is 65.7 Å². The van der Waals surface area contributed by atoms with Gasteiger partial charge in [0.2, 0.25) is 11.8 Å². The number of carbonyl (C=O) groups is 2. The first-order valence-corrected chi connectivity index (χ1v) is 11.3. The summed E-state index contributed by atoms with van der Waals surface area (Å²) in [4.78, 5) is 37.8. The number of imidazole rings is 1. The number of hydrogen-bond acceptors (Lipinski definition) is 3. The molecule has 1 N–H and O–H groups in total. The number of benzene rings is 2. The van der Waals surface area contributed by atoms with E-state index in [0.717, 1.165) is 29.7 Å². The van der Waals surface area contributed by atoms with E-state index in [2.05, 4.69) is 4.98 Å². The Balaban J connectivity index is 1.39. The minimum atomic E-state index is -0.453. The minimum Gasteiger partial charge on any atom is -0.342 e. The van der Waals surface area contributed by atoms with Gasteiger partial charge in [0.05, 0.1) is 23.0 Å². The molecule has 0 radical (unpaired) electrons. The summed E-state index contributed by atoms with van der Waals surface area (Å²) in [6.07, 6.45) is 2.69. The van der Waals surface area contributed by atoms with Gasteiger partial charge in [-0.15, -0.1) is 0 Å². The smallest absolute Gasteiger partial charge is 0.228 e. The number of aromatic nitrogens is 2. The molecule has 2 fully saturated rings. The fraction of sp³-hybridized carbons (Fsp3) is 0.400. The fourth-order valence-corrected chi connectivity index (χ4v) is 5.24. The number of piperidine rings is 2. The molecule has 6 nitrogen and oxygen atoms in total. The lowest BCUT2D eigenvalue weighted by molar-refractivity contribution is -0.147. The number of rotatable bonds is 3. The Labute approximate surface area is 186 Å². The molecule has 2 amide bonds. The first kappa shape index (κ1) is 20.7. The third kappa shape index (κ3) is 3.76. The Morgan fingerprint density at radius 3 is 2.81 bits per heavy atom. The second-order valence-electron chi connectivity index (χ2n) is 8.91. The number of H-pyrrole nitrogens is 1. The number of carbonyl (C=O) groups excluding carboxylic acids is 2. The van der Waals surface area contributed by atoms with Crippen molar-refractivity contribution < 1.29 is 14.0 Å². The van der Waals surface area contributed by atoms with Crippen LogP contribution in [0.15, 0.2) is 48.5 Å². The fourth-order valence-electron chi connectivity index (χ4n) is 5.24. The Bertz CT molecular complexity index is 1130. The number of amides is 2. The van der Waals surface area contributed by atoms with Crippen LogP contribution in [-0.2, 0) is 9.59 Å². The van der Waals surface area contributed by atoms with Gasteiger partial charge in [-0.05, 0) is 49.1 Å². The van der Waals surface area contributed by atoms with Gasteiger partial charge in [0.25, 0.3) is 0 Å². The molecule has 2 saturated heterocycles. The average molecular weight is 435 g/mol. The van der Waals surface area contributed by atoms with Crippen LogP contribution in [0.4, 0.5) is 4.39 Å². The van der Waals surface area contributed by atoms with E-state index in [1.165, 1.54) is 12.1 Å². The van der Waals surface area contributed by atoms with E-state index in [-0.39, 0.29) is 29.5 Å². The molecule has 2 aliphatic rings. The van der Waals surface area contributed by atoms with Crippen LogP contribution in [0.25, 0.3) is 11.0 Å². The highest BCUT2D eigenvalue weighted by molar-refractivity contribution is 5.85. The quantitative estimate of drug-likeness (QED) is 0.677. The van der Waals surface area contributed by atoms with Gasteiger partial charge in [0.1, 0.15) is 11.6 Å². The van der Waals surface area contributed by atoms with Crippen LogP contribution >= 0.6 is 0 Å². The number of para-hydroxylation sites is 2. The number of aromatic amines is 1. The summed E-state index contributed by atoms with van der Waals surface area (Å²) in [6, 6.07) is 13.8. The lowest BCUT2D eigenvalue weighted by atomic mass is 9.83. The van der Waals surface area contributed by atoms with Crippen LogP contribution in [0, 0.1) is 11.7 Å². The van der Waals surface area contributed by atoms with Crippen molar-refractivity contribution in [2.45, 2.75) is 37.6 Å². The van der Waals surface area contributed by atoms with Gasteiger partial charge in [-0.3, -0.25) is 9.59 Å². The molecule has 0 spiro atoms. The number of nitrogens with zero attached hydrogens (tertiary/aromatic N) is 3. The molecule has 32 heavy (non-hydrogen) atoms.